The van der Waals surface area contributed by atoms with Crippen LogP contribution >= 0.6 is 0 Å². The molecule has 0 aromatic rings. The van der Waals surface area contributed by atoms with Crippen molar-refractivity contribution in [2.45, 2.75) is 0 Å². The molecule has 40 valence electrons. The molecule has 0 heterocycles. The van der Waals surface area contributed by atoms with E-state index >= 15 is 0 Å². The number of nitrogens with two attached hydrogens (primary N) is 2. The first kappa shape index (κ1) is 5.87. The molecule has 0 rings (SSSR count). The minimum Gasteiger partial charge on any atom is -0.365 e. The second-order valence-corrected chi connectivity index (χ2v) is 0.787. The molecule has 7 heavy (non-hydrogen) atoms. The normalized spacial score (nSPS) is 13.0. The van der Waals surface area contributed by atoms with Crippen molar-refractivity contribution >= 4 is 5.96 Å². The van der Waals surface area contributed by atoms with Crippen LogP contribution in [-0.4, -0.2) is 13.0 Å². The van der Waals surface area contributed by atoms with Gasteiger partial charge in [-0.05, 0) is 0 Å². The van der Waals surface area contributed by atoms with Gasteiger partial charge in [0.1, 0.15) is 0 Å². The number of nitrogens with zero attached hydrogens (tertiary/aromatic N) is 3. The Kier molecular flexibility index (Phi) is 2.58. The van der Waals surface area contributed by atoms with E-state index in [1.807, 2.05) is 0 Å². The van der Waals surface area contributed by atoms with Gasteiger partial charge in [-0.2, -0.15) is 5.11 Å². The van der Waals surface area contributed by atoms with E-state index in [0.29, 0.717) is 0 Å². The number of guanidine groups is 1. The van der Waals surface area contributed by atoms with Crippen LogP contribution in [0.1, 0.15) is 0 Å². The number of hydrogen-bond acceptors (Lipinski definition) is 3. The molecule has 0 amide bonds. The molecule has 0 saturated heterocycles. The molecule has 0 fully saturated rings. The molecule has 5 nitrogen and oxygen atoms in total. The third-order valence-corrected chi connectivity index (χ3v) is 0.335. The molecular formula is C2H7N5. The van der Waals surface area contributed by atoms with E-state index < -0.39 is 0 Å². The molecule has 0 saturated carbocycles. The van der Waals surface area contributed by atoms with Crippen LogP contribution in [0.15, 0.2) is 15.3 Å². The predicted octanol–water partition coefficient (Wildman–Crippen LogP) is -0.743. The highest BCUT2D eigenvalue weighted by atomic mass is 15.3. The van der Waals surface area contributed by atoms with Crippen molar-refractivity contribution in [3.05, 3.63) is 0 Å². The smallest absolute Gasteiger partial charge is 0.255 e. The molecular weight excluding hydrogens is 94.1 g/mol. The standard InChI is InChI=1S/C2H7N5/c1-5-7-2(3)6-4/h4H2,1H3,(H2,3,6). The fourth-order valence-corrected chi connectivity index (χ4v) is 0.128. The molecule has 0 atom stereocenters. The second-order valence-electron chi connectivity index (χ2n) is 0.787. The summed E-state index contributed by atoms with van der Waals surface area (Å²) in [6.07, 6.45) is 0. The van der Waals surface area contributed by atoms with Gasteiger partial charge < -0.3 is 11.6 Å². The summed E-state index contributed by atoms with van der Waals surface area (Å²) in [5.74, 6) is 4.66. The third-order valence-electron chi connectivity index (χ3n) is 0.335. The highest BCUT2D eigenvalue weighted by molar-refractivity contribution is 5.77. The Bertz CT molecular complexity index is 92.3. The highest BCUT2D eigenvalue weighted by Gasteiger charge is 1.75. The van der Waals surface area contributed by atoms with Gasteiger partial charge >= 0.3 is 0 Å². The van der Waals surface area contributed by atoms with Crippen molar-refractivity contribution in [1.29, 1.82) is 0 Å². The molecule has 0 aromatic carbocycles. The van der Waals surface area contributed by atoms with E-state index in [-0.39, 0.29) is 5.96 Å². The summed E-state index contributed by atoms with van der Waals surface area (Å²) in [5, 5.41) is 9.58. The van der Waals surface area contributed by atoms with Crippen molar-refractivity contribution in [2.24, 2.45) is 26.9 Å². The van der Waals surface area contributed by atoms with Crippen LogP contribution in [0.3, 0.4) is 0 Å². The number of hydrogen-bond donors (Lipinski definition) is 2. The predicted molar refractivity (Wildman–Crippen MR) is 26.6 cm³/mol. The average molecular weight is 101 g/mol. The number of rotatable bonds is 0. The van der Waals surface area contributed by atoms with Crippen LogP contribution < -0.4 is 11.6 Å². The number of hydrazone groups is 1. The topological polar surface area (TPSA) is 89.1 Å². The molecule has 0 aliphatic rings. The lowest BCUT2D eigenvalue weighted by atomic mass is 11.1. The second kappa shape index (κ2) is 3.08. The van der Waals surface area contributed by atoms with Gasteiger partial charge in [0.15, 0.2) is 0 Å². The van der Waals surface area contributed by atoms with E-state index in [2.05, 4.69) is 21.2 Å². The summed E-state index contributed by atoms with van der Waals surface area (Å²) in [4.78, 5) is 0. The van der Waals surface area contributed by atoms with Crippen LogP contribution in [0, 0.1) is 0 Å². The van der Waals surface area contributed by atoms with Gasteiger partial charge in [-0.3, -0.25) is 0 Å². The van der Waals surface area contributed by atoms with E-state index in [9.17, 15) is 0 Å². The minimum atomic E-state index is -0.0116. The van der Waals surface area contributed by atoms with Gasteiger partial charge in [0.25, 0.3) is 5.96 Å². The Morgan fingerprint density at radius 2 is 2.14 bits per heavy atom. The summed E-state index contributed by atoms with van der Waals surface area (Å²) < 4.78 is 0. The fourth-order valence-electron chi connectivity index (χ4n) is 0.128. The Morgan fingerprint density at radius 1 is 1.57 bits per heavy atom. The van der Waals surface area contributed by atoms with Crippen molar-refractivity contribution < 1.29 is 0 Å². The van der Waals surface area contributed by atoms with E-state index in [1.54, 1.807) is 0 Å². The summed E-state index contributed by atoms with van der Waals surface area (Å²) in [6.45, 7) is 0. The first-order chi connectivity index (χ1) is 3.31. The van der Waals surface area contributed by atoms with E-state index in [1.165, 1.54) is 7.05 Å². The van der Waals surface area contributed by atoms with Crippen LogP contribution in [0.5, 0.6) is 0 Å². The molecule has 0 aliphatic heterocycles. The summed E-state index contributed by atoms with van der Waals surface area (Å²) >= 11 is 0. The van der Waals surface area contributed by atoms with Crippen molar-refractivity contribution in [3.63, 3.8) is 0 Å². The van der Waals surface area contributed by atoms with Gasteiger partial charge in [0.05, 0.1) is 0 Å². The fraction of sp³-hybridized carbons (Fsp3) is 0.500. The van der Waals surface area contributed by atoms with Crippen LogP contribution in [0.25, 0.3) is 0 Å². The SMILES string of the molecule is CN=NC(N)=NN. The van der Waals surface area contributed by atoms with Crippen LogP contribution in [0.4, 0.5) is 0 Å². The zero-order chi connectivity index (χ0) is 5.70. The zero-order valence-electron chi connectivity index (χ0n) is 4.00. The van der Waals surface area contributed by atoms with Gasteiger partial charge in [-0.1, -0.05) is 0 Å². The Labute approximate surface area is 41.1 Å². The van der Waals surface area contributed by atoms with E-state index in [4.69, 9.17) is 5.73 Å². The first-order valence-corrected chi connectivity index (χ1v) is 1.64. The van der Waals surface area contributed by atoms with Gasteiger partial charge in [0.2, 0.25) is 0 Å². The minimum absolute atomic E-state index is 0.0116. The highest BCUT2D eigenvalue weighted by Crippen LogP contribution is 1.65. The van der Waals surface area contributed by atoms with Crippen molar-refractivity contribution in [1.82, 2.24) is 0 Å². The summed E-state index contributed by atoms with van der Waals surface area (Å²) in [5.41, 5.74) is 4.95. The van der Waals surface area contributed by atoms with E-state index in [0.717, 1.165) is 0 Å². The summed E-state index contributed by atoms with van der Waals surface area (Å²) in [6, 6.07) is 0. The monoisotopic (exact) mass is 101 g/mol. The maximum atomic E-state index is 4.95. The Balaban J connectivity index is 3.58. The van der Waals surface area contributed by atoms with Crippen LogP contribution in [0.2, 0.25) is 0 Å². The van der Waals surface area contributed by atoms with Crippen molar-refractivity contribution in [3.8, 4) is 0 Å². The summed E-state index contributed by atoms with van der Waals surface area (Å²) in [7, 11) is 1.48. The molecule has 0 radical (unpaired) electrons. The quantitative estimate of drug-likeness (QED) is 0.138. The maximum Gasteiger partial charge on any atom is 0.255 e. The molecule has 0 unspecified atom stereocenters. The lowest BCUT2D eigenvalue weighted by Gasteiger charge is -1.79. The average Bonchev–Trinajstić information content (AvgIpc) is 1.68. The molecule has 0 bridgehead atoms. The van der Waals surface area contributed by atoms with Gasteiger partial charge in [-0.15, -0.1) is 10.2 Å². The van der Waals surface area contributed by atoms with Crippen molar-refractivity contribution in [2.75, 3.05) is 7.05 Å². The molecule has 0 spiro atoms. The zero-order valence-corrected chi connectivity index (χ0v) is 4.00. The Morgan fingerprint density at radius 3 is 2.29 bits per heavy atom. The van der Waals surface area contributed by atoms with Crippen LogP contribution in [-0.2, 0) is 0 Å². The molecule has 0 aromatic heterocycles. The molecule has 4 N–H and O–H groups in total. The number of azo groups is 1. The first-order valence-electron chi connectivity index (χ1n) is 1.64. The molecule has 5 heteroatoms. The third kappa shape index (κ3) is 2.68. The largest absolute Gasteiger partial charge is 0.365 e. The lowest BCUT2D eigenvalue weighted by molar-refractivity contribution is 1.13. The maximum absolute atomic E-state index is 4.95. The molecule has 0 aliphatic carbocycles. The lowest BCUT2D eigenvalue weighted by Crippen LogP contribution is -2.09. The van der Waals surface area contributed by atoms with Gasteiger partial charge in [0, 0.05) is 7.05 Å². The van der Waals surface area contributed by atoms with Gasteiger partial charge in [-0.25, -0.2) is 0 Å². The Hall–Kier alpha value is -1.13.